The molecular formula is C10H14BrNO. The Labute approximate surface area is 86.7 Å². The van der Waals surface area contributed by atoms with Gasteiger partial charge in [-0.05, 0) is 28.4 Å². The lowest BCUT2D eigenvalue weighted by molar-refractivity contribution is 0.586. The zero-order chi connectivity index (χ0) is 9.68. The van der Waals surface area contributed by atoms with Crippen molar-refractivity contribution in [3.8, 4) is 0 Å². The minimum atomic E-state index is 0.0827. The minimum absolute atomic E-state index is 0.0827. The van der Waals surface area contributed by atoms with Crippen molar-refractivity contribution in [1.82, 2.24) is 4.57 Å². The summed E-state index contributed by atoms with van der Waals surface area (Å²) in [5.41, 5.74) is 0.0827. The standard InChI is InChI=1S/C10H14BrNO/c1-2-3-4-7-12-8-9(11)5-6-10(12)13/h5-6,8H,2-4,7H2,1H3. The molecule has 1 heterocycles. The Morgan fingerprint density at radius 1 is 1.38 bits per heavy atom. The first-order valence-corrected chi connectivity index (χ1v) is 5.39. The summed E-state index contributed by atoms with van der Waals surface area (Å²) in [6.07, 6.45) is 5.28. The number of pyridine rings is 1. The van der Waals surface area contributed by atoms with Gasteiger partial charge < -0.3 is 4.57 Å². The van der Waals surface area contributed by atoms with Crippen molar-refractivity contribution in [1.29, 1.82) is 0 Å². The van der Waals surface area contributed by atoms with Gasteiger partial charge in [0, 0.05) is 23.3 Å². The maximum atomic E-state index is 11.3. The molecule has 0 radical (unpaired) electrons. The first-order valence-electron chi connectivity index (χ1n) is 4.60. The molecule has 0 aliphatic carbocycles. The molecule has 0 unspecified atom stereocenters. The van der Waals surface area contributed by atoms with Crippen LogP contribution in [0, 0.1) is 0 Å². The maximum Gasteiger partial charge on any atom is 0.250 e. The van der Waals surface area contributed by atoms with Gasteiger partial charge in [0.25, 0.3) is 5.56 Å². The fourth-order valence-electron chi connectivity index (χ4n) is 1.21. The highest BCUT2D eigenvalue weighted by Gasteiger charge is 1.95. The fraction of sp³-hybridized carbons (Fsp3) is 0.500. The van der Waals surface area contributed by atoms with Gasteiger partial charge in [0.1, 0.15) is 0 Å². The van der Waals surface area contributed by atoms with Crippen molar-refractivity contribution >= 4 is 15.9 Å². The molecule has 0 fully saturated rings. The number of aromatic nitrogens is 1. The van der Waals surface area contributed by atoms with E-state index in [-0.39, 0.29) is 5.56 Å². The number of rotatable bonds is 4. The van der Waals surface area contributed by atoms with E-state index in [9.17, 15) is 4.79 Å². The second-order valence-corrected chi connectivity index (χ2v) is 4.00. The molecule has 1 rings (SSSR count). The van der Waals surface area contributed by atoms with Gasteiger partial charge >= 0.3 is 0 Å². The molecule has 72 valence electrons. The highest BCUT2D eigenvalue weighted by molar-refractivity contribution is 9.10. The predicted molar refractivity (Wildman–Crippen MR) is 57.9 cm³/mol. The summed E-state index contributed by atoms with van der Waals surface area (Å²) in [5.74, 6) is 0. The first kappa shape index (κ1) is 10.5. The van der Waals surface area contributed by atoms with Crippen LogP contribution in [0.2, 0.25) is 0 Å². The monoisotopic (exact) mass is 243 g/mol. The molecule has 0 amide bonds. The number of nitrogens with zero attached hydrogens (tertiary/aromatic N) is 1. The van der Waals surface area contributed by atoms with Gasteiger partial charge in [-0.15, -0.1) is 0 Å². The fourth-order valence-corrected chi connectivity index (χ4v) is 1.59. The van der Waals surface area contributed by atoms with E-state index in [0.29, 0.717) is 0 Å². The Morgan fingerprint density at radius 2 is 2.15 bits per heavy atom. The third kappa shape index (κ3) is 3.35. The topological polar surface area (TPSA) is 22.0 Å². The van der Waals surface area contributed by atoms with Crippen LogP contribution in [0.3, 0.4) is 0 Å². The molecule has 0 atom stereocenters. The molecule has 0 spiro atoms. The van der Waals surface area contributed by atoms with Crippen LogP contribution in [0.15, 0.2) is 27.6 Å². The molecule has 3 heteroatoms. The number of hydrogen-bond acceptors (Lipinski definition) is 1. The third-order valence-corrected chi connectivity index (χ3v) is 2.42. The predicted octanol–water partition coefficient (Wildman–Crippen LogP) is 2.80. The normalized spacial score (nSPS) is 10.3. The molecule has 0 aromatic carbocycles. The summed E-state index contributed by atoms with van der Waals surface area (Å²) in [6, 6.07) is 3.37. The van der Waals surface area contributed by atoms with Crippen LogP contribution in [0.4, 0.5) is 0 Å². The van der Waals surface area contributed by atoms with Gasteiger partial charge in [-0.3, -0.25) is 4.79 Å². The van der Waals surface area contributed by atoms with Crippen LogP contribution in [-0.4, -0.2) is 4.57 Å². The Kier molecular flexibility index (Phi) is 4.22. The van der Waals surface area contributed by atoms with Crippen molar-refractivity contribution in [3.05, 3.63) is 33.2 Å². The van der Waals surface area contributed by atoms with Crippen molar-refractivity contribution < 1.29 is 0 Å². The van der Waals surface area contributed by atoms with Crippen LogP contribution in [0.1, 0.15) is 26.2 Å². The van der Waals surface area contributed by atoms with Gasteiger partial charge in [0.05, 0.1) is 0 Å². The van der Waals surface area contributed by atoms with E-state index >= 15 is 0 Å². The SMILES string of the molecule is CCCCCn1cc(Br)ccc1=O. The van der Waals surface area contributed by atoms with Crippen LogP contribution < -0.4 is 5.56 Å². The van der Waals surface area contributed by atoms with Gasteiger partial charge in [0.2, 0.25) is 0 Å². The van der Waals surface area contributed by atoms with Crippen molar-refractivity contribution in [2.24, 2.45) is 0 Å². The number of unbranched alkanes of at least 4 members (excludes halogenated alkanes) is 2. The molecule has 0 bridgehead atoms. The molecule has 0 saturated carbocycles. The Hall–Kier alpha value is -0.570. The van der Waals surface area contributed by atoms with Crippen molar-refractivity contribution in [2.75, 3.05) is 0 Å². The summed E-state index contributed by atoms with van der Waals surface area (Å²) in [5, 5.41) is 0. The van der Waals surface area contributed by atoms with Crippen LogP contribution in [0.5, 0.6) is 0 Å². The summed E-state index contributed by atoms with van der Waals surface area (Å²) in [7, 11) is 0. The Morgan fingerprint density at radius 3 is 2.85 bits per heavy atom. The maximum absolute atomic E-state index is 11.3. The van der Waals surface area contributed by atoms with Crippen molar-refractivity contribution in [2.45, 2.75) is 32.7 Å². The van der Waals surface area contributed by atoms with Crippen molar-refractivity contribution in [3.63, 3.8) is 0 Å². The molecule has 2 nitrogen and oxygen atoms in total. The van der Waals surface area contributed by atoms with E-state index < -0.39 is 0 Å². The van der Waals surface area contributed by atoms with Gasteiger partial charge in [-0.25, -0.2) is 0 Å². The smallest absolute Gasteiger partial charge is 0.250 e. The van der Waals surface area contributed by atoms with E-state index in [1.165, 1.54) is 12.8 Å². The second kappa shape index (κ2) is 5.22. The summed E-state index contributed by atoms with van der Waals surface area (Å²) >= 11 is 3.35. The molecule has 1 aromatic heterocycles. The summed E-state index contributed by atoms with van der Waals surface area (Å²) < 4.78 is 2.71. The largest absolute Gasteiger partial charge is 0.314 e. The van der Waals surface area contributed by atoms with E-state index in [4.69, 9.17) is 0 Å². The lowest BCUT2D eigenvalue weighted by Crippen LogP contribution is -2.18. The zero-order valence-electron chi connectivity index (χ0n) is 7.79. The lowest BCUT2D eigenvalue weighted by atomic mass is 10.2. The van der Waals surface area contributed by atoms with E-state index in [1.54, 1.807) is 16.7 Å². The Balaban J connectivity index is 2.65. The summed E-state index contributed by atoms with van der Waals surface area (Å²) in [4.78, 5) is 11.3. The second-order valence-electron chi connectivity index (χ2n) is 3.09. The quantitative estimate of drug-likeness (QED) is 0.746. The van der Waals surface area contributed by atoms with Crippen LogP contribution >= 0.6 is 15.9 Å². The molecule has 0 aliphatic heterocycles. The third-order valence-electron chi connectivity index (χ3n) is 1.95. The zero-order valence-corrected chi connectivity index (χ0v) is 9.38. The number of halogens is 1. The number of aryl methyl sites for hydroxylation is 1. The Bertz CT molecular complexity index is 319. The minimum Gasteiger partial charge on any atom is -0.314 e. The highest BCUT2D eigenvalue weighted by Crippen LogP contribution is 2.05. The van der Waals surface area contributed by atoms with E-state index in [0.717, 1.165) is 17.4 Å². The van der Waals surface area contributed by atoms with Crippen LogP contribution in [-0.2, 0) is 6.54 Å². The average molecular weight is 244 g/mol. The molecule has 0 aliphatic rings. The van der Waals surface area contributed by atoms with E-state index in [1.807, 2.05) is 6.20 Å². The van der Waals surface area contributed by atoms with E-state index in [2.05, 4.69) is 22.9 Å². The average Bonchev–Trinajstić information content (AvgIpc) is 2.11. The highest BCUT2D eigenvalue weighted by atomic mass is 79.9. The first-order chi connectivity index (χ1) is 6.24. The summed E-state index contributed by atoms with van der Waals surface area (Å²) in [6.45, 7) is 2.98. The number of hydrogen-bond donors (Lipinski definition) is 0. The molecule has 13 heavy (non-hydrogen) atoms. The van der Waals surface area contributed by atoms with Gasteiger partial charge in [-0.2, -0.15) is 0 Å². The lowest BCUT2D eigenvalue weighted by Gasteiger charge is -2.04. The molecule has 0 N–H and O–H groups in total. The molecule has 0 saturated heterocycles. The van der Waals surface area contributed by atoms with Crippen LogP contribution in [0.25, 0.3) is 0 Å². The van der Waals surface area contributed by atoms with Gasteiger partial charge in [0.15, 0.2) is 0 Å². The van der Waals surface area contributed by atoms with Gasteiger partial charge in [-0.1, -0.05) is 19.8 Å². The molecular weight excluding hydrogens is 230 g/mol. The molecule has 1 aromatic rings.